The molecule has 1 saturated carbocycles. The number of ether oxygens (including phenoxy) is 1. The minimum Gasteiger partial charge on any atom is -0.493 e. The second-order valence-electron chi connectivity index (χ2n) is 11.6. The first-order valence-electron chi connectivity index (χ1n) is 14.4. The third-order valence-corrected chi connectivity index (χ3v) is 8.70. The molecule has 1 aliphatic carbocycles. The van der Waals surface area contributed by atoms with Crippen LogP contribution < -0.4 is 4.74 Å². The second kappa shape index (κ2) is 12.2. The van der Waals surface area contributed by atoms with E-state index < -0.39 is 10.8 Å². The summed E-state index contributed by atoms with van der Waals surface area (Å²) in [6, 6.07) is 26.2. The number of amides is 2. The molecule has 0 radical (unpaired) electrons. The van der Waals surface area contributed by atoms with Gasteiger partial charge in [-0.2, -0.15) is 0 Å². The van der Waals surface area contributed by atoms with Gasteiger partial charge in [0.05, 0.1) is 12.0 Å². The van der Waals surface area contributed by atoms with Crippen LogP contribution in [0.15, 0.2) is 84.9 Å². The Hall–Kier alpha value is -3.67. The summed E-state index contributed by atoms with van der Waals surface area (Å²) in [6.45, 7) is 1.96. The van der Waals surface area contributed by atoms with Crippen molar-refractivity contribution in [3.05, 3.63) is 102 Å². The lowest BCUT2D eigenvalue weighted by atomic mass is 9.74. The van der Waals surface area contributed by atoms with Gasteiger partial charge in [0.2, 0.25) is 11.8 Å². The van der Waals surface area contributed by atoms with Gasteiger partial charge >= 0.3 is 0 Å². The summed E-state index contributed by atoms with van der Waals surface area (Å²) in [7, 11) is 1.84. The molecular formula is C34H39FN2O3. The van der Waals surface area contributed by atoms with Crippen LogP contribution in [0, 0.1) is 11.2 Å². The van der Waals surface area contributed by atoms with E-state index in [2.05, 4.69) is 0 Å². The predicted molar refractivity (Wildman–Crippen MR) is 154 cm³/mol. The van der Waals surface area contributed by atoms with Gasteiger partial charge in [-0.05, 0) is 61.1 Å². The lowest BCUT2D eigenvalue weighted by Gasteiger charge is -2.45. The van der Waals surface area contributed by atoms with E-state index in [1.807, 2.05) is 78.7 Å². The number of hydrogen-bond acceptors (Lipinski definition) is 3. The van der Waals surface area contributed by atoms with Crippen molar-refractivity contribution in [3.63, 3.8) is 0 Å². The Morgan fingerprint density at radius 1 is 0.900 bits per heavy atom. The number of likely N-dealkylation sites (tertiary alicyclic amines) is 1. The zero-order chi connectivity index (χ0) is 28.0. The van der Waals surface area contributed by atoms with Gasteiger partial charge in [0.15, 0.2) is 0 Å². The lowest BCUT2D eigenvalue weighted by Crippen LogP contribution is -2.55. The Kier molecular flexibility index (Phi) is 8.53. The summed E-state index contributed by atoms with van der Waals surface area (Å²) in [5, 5.41) is 0. The van der Waals surface area contributed by atoms with E-state index >= 15 is 0 Å². The number of para-hydroxylation sites is 1. The third kappa shape index (κ3) is 6.22. The number of benzene rings is 3. The summed E-state index contributed by atoms with van der Waals surface area (Å²) < 4.78 is 20.5. The molecule has 0 bridgehead atoms. The summed E-state index contributed by atoms with van der Waals surface area (Å²) >= 11 is 0. The van der Waals surface area contributed by atoms with Crippen LogP contribution in [0.2, 0.25) is 0 Å². The molecule has 2 aliphatic rings. The molecule has 3 aromatic carbocycles. The molecule has 0 N–H and O–H groups in total. The van der Waals surface area contributed by atoms with Crippen molar-refractivity contribution < 1.29 is 18.7 Å². The van der Waals surface area contributed by atoms with E-state index in [0.717, 1.165) is 55.4 Å². The van der Waals surface area contributed by atoms with Gasteiger partial charge in [-0.1, -0.05) is 73.5 Å². The first-order chi connectivity index (χ1) is 19.4. The molecular weight excluding hydrogens is 503 g/mol. The van der Waals surface area contributed by atoms with Crippen LogP contribution in [0.25, 0.3) is 0 Å². The molecule has 1 atom stereocenters. The molecule has 5 nitrogen and oxygen atoms in total. The number of nitrogens with zero attached hydrogens (tertiary/aromatic N) is 2. The van der Waals surface area contributed by atoms with Crippen molar-refractivity contribution in [2.75, 3.05) is 26.7 Å². The molecule has 2 fully saturated rings. The normalized spacial score (nSPS) is 20.2. The molecule has 0 spiro atoms. The van der Waals surface area contributed by atoms with Crippen molar-refractivity contribution in [1.82, 2.24) is 9.80 Å². The van der Waals surface area contributed by atoms with E-state index in [9.17, 15) is 14.0 Å². The van der Waals surface area contributed by atoms with Crippen LogP contribution in [0.1, 0.15) is 56.1 Å². The molecule has 40 heavy (non-hydrogen) atoms. The minimum atomic E-state index is -0.709. The molecule has 3 aromatic rings. The average Bonchev–Trinajstić information content (AvgIpc) is 3.48. The molecule has 5 rings (SSSR count). The number of carbonyl (C=O) groups excluding carboxylic acids is 2. The molecule has 1 saturated heterocycles. The standard InChI is InChI=1S/C34H39FN2O3/c1-36(24-27-12-4-2-5-13-27)31(38)23-33(26-40-30-16-6-3-7-17-30)18-11-21-37(25-33)32(39)34(19-8-9-20-34)28-14-10-15-29(35)22-28/h2-7,10,12-17,22H,8-9,11,18-21,23-26H2,1H3/t33-/m1/s1. The first-order valence-corrected chi connectivity index (χ1v) is 14.4. The Morgan fingerprint density at radius 3 is 2.30 bits per heavy atom. The smallest absolute Gasteiger partial charge is 0.233 e. The molecule has 210 valence electrons. The van der Waals surface area contributed by atoms with Crippen LogP contribution in [-0.4, -0.2) is 48.4 Å². The Balaban J connectivity index is 1.38. The largest absolute Gasteiger partial charge is 0.493 e. The average molecular weight is 543 g/mol. The molecule has 1 heterocycles. The van der Waals surface area contributed by atoms with Gasteiger partial charge in [0.1, 0.15) is 11.6 Å². The SMILES string of the molecule is CN(Cc1ccccc1)C(=O)C[C@]1(COc2ccccc2)CCCN(C(=O)C2(c3cccc(F)c3)CCCC2)C1. The highest BCUT2D eigenvalue weighted by Crippen LogP contribution is 2.45. The Morgan fingerprint density at radius 2 is 1.60 bits per heavy atom. The number of hydrogen-bond donors (Lipinski definition) is 0. The summed E-state index contributed by atoms with van der Waals surface area (Å²) in [5.41, 5.74) is 0.615. The Bertz CT molecular complexity index is 1290. The lowest BCUT2D eigenvalue weighted by molar-refractivity contribution is -0.145. The fourth-order valence-corrected chi connectivity index (χ4v) is 6.54. The van der Waals surface area contributed by atoms with Crippen molar-refractivity contribution in [1.29, 1.82) is 0 Å². The first kappa shape index (κ1) is 27.9. The minimum absolute atomic E-state index is 0.0375. The fourth-order valence-electron chi connectivity index (χ4n) is 6.54. The number of halogens is 1. The van der Waals surface area contributed by atoms with Crippen LogP contribution in [0.3, 0.4) is 0 Å². The zero-order valence-electron chi connectivity index (χ0n) is 23.4. The monoisotopic (exact) mass is 542 g/mol. The number of piperidine rings is 1. The maximum Gasteiger partial charge on any atom is 0.233 e. The summed E-state index contributed by atoms with van der Waals surface area (Å²) in [6.07, 6.45) is 5.21. The number of carbonyl (C=O) groups is 2. The highest BCUT2D eigenvalue weighted by molar-refractivity contribution is 5.89. The van der Waals surface area contributed by atoms with Gasteiger partial charge in [-0.25, -0.2) is 4.39 Å². The fraction of sp³-hybridized carbons (Fsp3) is 0.412. The maximum absolute atomic E-state index is 14.3. The maximum atomic E-state index is 14.3. The van der Waals surface area contributed by atoms with E-state index in [1.54, 1.807) is 11.0 Å². The van der Waals surface area contributed by atoms with E-state index in [1.165, 1.54) is 12.1 Å². The van der Waals surface area contributed by atoms with Gasteiger partial charge in [-0.15, -0.1) is 0 Å². The number of rotatable bonds is 9. The third-order valence-electron chi connectivity index (χ3n) is 8.70. The molecule has 0 aromatic heterocycles. The van der Waals surface area contributed by atoms with Crippen molar-refractivity contribution in [2.45, 2.75) is 56.9 Å². The predicted octanol–water partition coefficient (Wildman–Crippen LogP) is 6.37. The van der Waals surface area contributed by atoms with Crippen molar-refractivity contribution >= 4 is 11.8 Å². The van der Waals surface area contributed by atoms with Crippen LogP contribution in [0.4, 0.5) is 4.39 Å². The summed E-state index contributed by atoms with van der Waals surface area (Å²) in [4.78, 5) is 31.6. The van der Waals surface area contributed by atoms with Crippen molar-refractivity contribution in [2.24, 2.45) is 5.41 Å². The zero-order valence-corrected chi connectivity index (χ0v) is 23.4. The van der Waals surface area contributed by atoms with Crippen LogP contribution in [-0.2, 0) is 21.5 Å². The molecule has 0 unspecified atom stereocenters. The van der Waals surface area contributed by atoms with E-state index in [4.69, 9.17) is 4.74 Å². The van der Waals surface area contributed by atoms with Crippen LogP contribution in [0.5, 0.6) is 5.75 Å². The highest BCUT2D eigenvalue weighted by atomic mass is 19.1. The van der Waals surface area contributed by atoms with Gasteiger partial charge in [0.25, 0.3) is 0 Å². The summed E-state index contributed by atoms with van der Waals surface area (Å²) in [5.74, 6) is 0.537. The quantitative estimate of drug-likeness (QED) is 0.316. The molecule has 1 aliphatic heterocycles. The van der Waals surface area contributed by atoms with Crippen LogP contribution >= 0.6 is 0 Å². The molecule has 2 amide bonds. The van der Waals surface area contributed by atoms with Gasteiger partial charge in [0, 0.05) is 38.5 Å². The van der Waals surface area contributed by atoms with Gasteiger partial charge in [-0.3, -0.25) is 9.59 Å². The van der Waals surface area contributed by atoms with Crippen molar-refractivity contribution in [3.8, 4) is 5.75 Å². The molecule has 6 heteroatoms. The van der Waals surface area contributed by atoms with E-state index in [0.29, 0.717) is 32.7 Å². The highest BCUT2D eigenvalue weighted by Gasteiger charge is 2.48. The Labute approximate surface area is 236 Å². The van der Waals surface area contributed by atoms with Gasteiger partial charge < -0.3 is 14.5 Å². The topological polar surface area (TPSA) is 49.9 Å². The van der Waals surface area contributed by atoms with E-state index in [-0.39, 0.29) is 17.6 Å². The second-order valence-corrected chi connectivity index (χ2v) is 11.6.